The molecule has 1 aliphatic rings. The van der Waals surface area contributed by atoms with E-state index in [0.717, 1.165) is 5.56 Å². The number of nitrogens with one attached hydrogen (secondary N) is 1. The van der Waals surface area contributed by atoms with E-state index < -0.39 is 15.9 Å². The van der Waals surface area contributed by atoms with Crippen molar-refractivity contribution in [3.8, 4) is 11.5 Å². The molecule has 1 saturated heterocycles. The molecule has 1 fully saturated rings. The molecule has 1 N–H and O–H groups in total. The summed E-state index contributed by atoms with van der Waals surface area (Å²) >= 11 is 0. The third-order valence-corrected chi connectivity index (χ3v) is 6.98. The quantitative estimate of drug-likeness (QED) is 0.779. The lowest BCUT2D eigenvalue weighted by molar-refractivity contribution is -0.120. The predicted molar refractivity (Wildman–Crippen MR) is 111 cm³/mol. The summed E-state index contributed by atoms with van der Waals surface area (Å²) in [5, 5.41) is 2.87. The molecule has 2 aromatic rings. The summed E-state index contributed by atoms with van der Waals surface area (Å²) < 4.78 is 37.9. The number of nitrogens with zero attached hydrogens (tertiary/aromatic N) is 1. The van der Waals surface area contributed by atoms with Gasteiger partial charge in [0.1, 0.15) is 11.5 Å². The second-order valence-corrected chi connectivity index (χ2v) is 8.99. The van der Waals surface area contributed by atoms with Gasteiger partial charge in [0.15, 0.2) is 0 Å². The number of amides is 1. The van der Waals surface area contributed by atoms with Crippen LogP contribution in [0.5, 0.6) is 11.5 Å². The Balaban J connectivity index is 1.71. The fourth-order valence-electron chi connectivity index (χ4n) is 3.45. The van der Waals surface area contributed by atoms with E-state index in [2.05, 4.69) is 5.32 Å². The highest BCUT2D eigenvalue weighted by Crippen LogP contribution is 2.28. The molecule has 1 amide bonds. The minimum atomic E-state index is -3.68. The van der Waals surface area contributed by atoms with Crippen LogP contribution in [0.3, 0.4) is 0 Å². The minimum Gasteiger partial charge on any atom is -0.497 e. The molecule has 8 heteroatoms. The molecular formula is C21H26N2O5S. The summed E-state index contributed by atoms with van der Waals surface area (Å²) in [6, 6.07) is 11.8. The SMILES string of the molecule is COc1ccc(NC(=O)C2CCCN(S(=O)(=O)c3ccc(OC)c(C)c3)C2)cc1. The molecule has 29 heavy (non-hydrogen) atoms. The first kappa shape index (κ1) is 21.1. The zero-order valence-electron chi connectivity index (χ0n) is 16.8. The number of aryl methyl sites for hydroxylation is 1. The normalized spacial score (nSPS) is 17.6. The van der Waals surface area contributed by atoms with E-state index in [0.29, 0.717) is 36.6 Å². The van der Waals surface area contributed by atoms with E-state index in [1.165, 1.54) is 4.31 Å². The maximum absolute atomic E-state index is 13.1. The summed E-state index contributed by atoms with van der Waals surface area (Å²) in [4.78, 5) is 12.9. The van der Waals surface area contributed by atoms with Crippen molar-refractivity contribution in [2.45, 2.75) is 24.7 Å². The van der Waals surface area contributed by atoms with Gasteiger partial charge < -0.3 is 14.8 Å². The van der Waals surface area contributed by atoms with Crippen LogP contribution >= 0.6 is 0 Å². The van der Waals surface area contributed by atoms with Gasteiger partial charge in [-0.1, -0.05) is 0 Å². The average Bonchev–Trinajstić information content (AvgIpc) is 2.74. The number of carbonyl (C=O) groups excluding carboxylic acids is 1. The Morgan fingerprint density at radius 1 is 1.10 bits per heavy atom. The first-order valence-electron chi connectivity index (χ1n) is 9.45. The largest absolute Gasteiger partial charge is 0.497 e. The number of piperidine rings is 1. The van der Waals surface area contributed by atoms with Gasteiger partial charge in [0, 0.05) is 18.8 Å². The van der Waals surface area contributed by atoms with Crippen LogP contribution in [0.4, 0.5) is 5.69 Å². The first-order chi connectivity index (χ1) is 13.8. The van der Waals surface area contributed by atoms with E-state index >= 15 is 0 Å². The van der Waals surface area contributed by atoms with Crippen LogP contribution in [-0.2, 0) is 14.8 Å². The van der Waals surface area contributed by atoms with Crippen molar-refractivity contribution in [2.75, 3.05) is 32.6 Å². The third kappa shape index (κ3) is 4.71. The third-order valence-electron chi connectivity index (χ3n) is 5.12. The number of methoxy groups -OCH3 is 2. The fraction of sp³-hybridized carbons (Fsp3) is 0.381. The Bertz CT molecular complexity index is 973. The van der Waals surface area contributed by atoms with Crippen molar-refractivity contribution in [3.63, 3.8) is 0 Å². The molecule has 0 spiro atoms. The number of rotatable bonds is 6. The number of anilines is 1. The number of carbonyl (C=O) groups is 1. The lowest BCUT2D eigenvalue weighted by Gasteiger charge is -2.31. The van der Waals surface area contributed by atoms with E-state index in [1.54, 1.807) is 63.6 Å². The Morgan fingerprint density at radius 3 is 2.45 bits per heavy atom. The van der Waals surface area contributed by atoms with Crippen molar-refractivity contribution in [2.24, 2.45) is 5.92 Å². The van der Waals surface area contributed by atoms with Crippen molar-refractivity contribution in [1.29, 1.82) is 0 Å². The monoisotopic (exact) mass is 418 g/mol. The summed E-state index contributed by atoms with van der Waals surface area (Å²) in [5.74, 6) is 0.757. The highest BCUT2D eigenvalue weighted by molar-refractivity contribution is 7.89. The highest BCUT2D eigenvalue weighted by atomic mass is 32.2. The van der Waals surface area contributed by atoms with E-state index in [9.17, 15) is 13.2 Å². The Kier molecular flexibility index (Phi) is 6.44. The molecule has 1 heterocycles. The van der Waals surface area contributed by atoms with Crippen LogP contribution in [0.1, 0.15) is 18.4 Å². The highest BCUT2D eigenvalue weighted by Gasteiger charge is 2.33. The summed E-state index contributed by atoms with van der Waals surface area (Å²) in [7, 11) is -0.549. The van der Waals surface area contributed by atoms with E-state index in [1.807, 2.05) is 0 Å². The molecule has 0 aliphatic carbocycles. The molecule has 0 aromatic heterocycles. The molecule has 2 aromatic carbocycles. The van der Waals surface area contributed by atoms with Crippen LogP contribution in [0.2, 0.25) is 0 Å². The second kappa shape index (κ2) is 8.84. The number of sulfonamides is 1. The van der Waals surface area contributed by atoms with Gasteiger partial charge in [-0.3, -0.25) is 4.79 Å². The molecule has 3 rings (SSSR count). The Morgan fingerprint density at radius 2 is 1.83 bits per heavy atom. The van der Waals surface area contributed by atoms with Crippen molar-refractivity contribution < 1.29 is 22.7 Å². The fourth-order valence-corrected chi connectivity index (χ4v) is 5.06. The molecule has 0 radical (unpaired) electrons. The first-order valence-corrected chi connectivity index (χ1v) is 10.9. The van der Waals surface area contributed by atoms with Crippen LogP contribution in [0, 0.1) is 12.8 Å². The van der Waals surface area contributed by atoms with Crippen molar-refractivity contribution >= 4 is 21.6 Å². The molecule has 1 aliphatic heterocycles. The van der Waals surface area contributed by atoms with E-state index in [4.69, 9.17) is 9.47 Å². The average molecular weight is 419 g/mol. The topological polar surface area (TPSA) is 84.9 Å². The maximum Gasteiger partial charge on any atom is 0.243 e. The molecule has 156 valence electrons. The Labute approximate surface area is 171 Å². The Hall–Kier alpha value is -2.58. The number of benzene rings is 2. The van der Waals surface area contributed by atoms with Crippen LogP contribution in [0.25, 0.3) is 0 Å². The maximum atomic E-state index is 13.1. The minimum absolute atomic E-state index is 0.162. The van der Waals surface area contributed by atoms with Gasteiger partial charge in [0.05, 0.1) is 25.0 Å². The van der Waals surface area contributed by atoms with Gasteiger partial charge >= 0.3 is 0 Å². The molecule has 0 saturated carbocycles. The lowest BCUT2D eigenvalue weighted by Crippen LogP contribution is -2.43. The van der Waals surface area contributed by atoms with Gasteiger partial charge in [-0.25, -0.2) is 8.42 Å². The van der Waals surface area contributed by atoms with Crippen LogP contribution < -0.4 is 14.8 Å². The zero-order valence-corrected chi connectivity index (χ0v) is 17.7. The molecule has 0 bridgehead atoms. The van der Waals surface area contributed by atoms with Gasteiger partial charge in [-0.15, -0.1) is 0 Å². The number of hydrogen-bond acceptors (Lipinski definition) is 5. The molecule has 7 nitrogen and oxygen atoms in total. The predicted octanol–water partition coefficient (Wildman–Crippen LogP) is 3.05. The van der Waals surface area contributed by atoms with Crippen LogP contribution in [-0.4, -0.2) is 45.9 Å². The van der Waals surface area contributed by atoms with E-state index in [-0.39, 0.29) is 17.3 Å². The molecular weight excluding hydrogens is 392 g/mol. The summed E-state index contributed by atoms with van der Waals surface area (Å²) in [6.45, 7) is 2.37. The summed E-state index contributed by atoms with van der Waals surface area (Å²) in [6.07, 6.45) is 1.28. The smallest absolute Gasteiger partial charge is 0.243 e. The van der Waals surface area contributed by atoms with Crippen molar-refractivity contribution in [1.82, 2.24) is 4.31 Å². The molecule has 1 atom stereocenters. The van der Waals surface area contributed by atoms with Gasteiger partial charge in [0.25, 0.3) is 0 Å². The summed E-state index contributed by atoms with van der Waals surface area (Å²) in [5.41, 5.74) is 1.40. The van der Waals surface area contributed by atoms with Gasteiger partial charge in [-0.2, -0.15) is 4.31 Å². The van der Waals surface area contributed by atoms with Crippen molar-refractivity contribution in [3.05, 3.63) is 48.0 Å². The zero-order chi connectivity index (χ0) is 21.0. The lowest BCUT2D eigenvalue weighted by atomic mass is 9.99. The standard InChI is InChI=1S/C21H26N2O5S/c1-15-13-19(10-11-20(15)28-3)29(25,26)23-12-4-5-16(14-23)21(24)22-17-6-8-18(27-2)9-7-17/h6-11,13,16H,4-5,12,14H2,1-3H3,(H,22,24). The molecule has 1 unspecified atom stereocenters. The number of ether oxygens (including phenoxy) is 2. The number of hydrogen-bond donors (Lipinski definition) is 1. The van der Waals surface area contributed by atoms with Gasteiger partial charge in [0.2, 0.25) is 15.9 Å². The van der Waals surface area contributed by atoms with Crippen LogP contribution in [0.15, 0.2) is 47.4 Å². The second-order valence-electron chi connectivity index (χ2n) is 7.05. The van der Waals surface area contributed by atoms with Gasteiger partial charge in [-0.05, 0) is 67.8 Å².